The summed E-state index contributed by atoms with van der Waals surface area (Å²) in [5.41, 5.74) is 1.42. The first kappa shape index (κ1) is 17.0. The second-order valence-electron chi connectivity index (χ2n) is 5.63. The predicted molar refractivity (Wildman–Crippen MR) is 93.3 cm³/mol. The van der Waals surface area contributed by atoms with E-state index in [9.17, 15) is 4.79 Å². The molecule has 1 aromatic carbocycles. The Labute approximate surface area is 150 Å². The van der Waals surface area contributed by atoms with Crippen LogP contribution in [0.25, 0.3) is 0 Å². The van der Waals surface area contributed by atoms with Gasteiger partial charge in [0.1, 0.15) is 11.4 Å². The minimum atomic E-state index is -0.138. The summed E-state index contributed by atoms with van der Waals surface area (Å²) in [4.78, 5) is 14.3. The Morgan fingerprint density at radius 2 is 2.00 bits per heavy atom. The van der Waals surface area contributed by atoms with Crippen molar-refractivity contribution >= 4 is 17.5 Å². The fourth-order valence-electron chi connectivity index (χ4n) is 2.38. The molecule has 0 aliphatic heterocycles. The molecule has 25 heavy (non-hydrogen) atoms. The van der Waals surface area contributed by atoms with Crippen LogP contribution < -0.4 is 4.74 Å². The number of aromatic nitrogens is 4. The number of hydrogen-bond donors (Lipinski definition) is 0. The molecule has 0 N–H and O–H groups in total. The van der Waals surface area contributed by atoms with Crippen LogP contribution in [0.5, 0.6) is 5.75 Å². The molecule has 0 saturated carbocycles. The van der Waals surface area contributed by atoms with Gasteiger partial charge in [-0.3, -0.25) is 9.48 Å². The van der Waals surface area contributed by atoms with E-state index in [0.29, 0.717) is 23.0 Å². The Bertz CT molecular complexity index is 856. The third-order valence-electron chi connectivity index (χ3n) is 3.63. The van der Waals surface area contributed by atoms with Gasteiger partial charge in [-0.15, -0.1) is 0 Å². The van der Waals surface area contributed by atoms with Crippen molar-refractivity contribution in [2.24, 2.45) is 7.05 Å². The number of amides is 1. The molecule has 1 amide bonds. The maximum Gasteiger partial charge on any atom is 0.272 e. The van der Waals surface area contributed by atoms with E-state index in [4.69, 9.17) is 16.3 Å². The highest BCUT2D eigenvalue weighted by Crippen LogP contribution is 2.16. The predicted octanol–water partition coefficient (Wildman–Crippen LogP) is 2.58. The molecule has 0 fully saturated rings. The fraction of sp³-hybridized carbons (Fsp3) is 0.235. The maximum absolute atomic E-state index is 12.7. The second-order valence-corrected chi connectivity index (χ2v) is 6.06. The molecule has 0 aliphatic carbocycles. The van der Waals surface area contributed by atoms with Crippen molar-refractivity contribution in [1.82, 2.24) is 24.5 Å². The van der Waals surface area contributed by atoms with Gasteiger partial charge in [-0.05, 0) is 30.3 Å². The molecule has 0 aliphatic rings. The molecule has 0 saturated heterocycles. The number of aryl methyl sites for hydroxylation is 1. The van der Waals surface area contributed by atoms with Gasteiger partial charge in [-0.25, -0.2) is 4.68 Å². The van der Waals surface area contributed by atoms with E-state index < -0.39 is 0 Å². The molecule has 2 aromatic heterocycles. The first-order valence-electron chi connectivity index (χ1n) is 7.66. The summed E-state index contributed by atoms with van der Waals surface area (Å²) in [6, 6.07) is 8.69. The first-order chi connectivity index (χ1) is 12.0. The number of carbonyl (C=O) groups excluding carboxylic acids is 1. The molecule has 0 unspecified atom stereocenters. The van der Waals surface area contributed by atoms with Crippen LogP contribution in [0.15, 0.2) is 48.9 Å². The molecule has 0 bridgehead atoms. The molecule has 0 spiro atoms. The SMILES string of the molecule is CN(Cc1cnn(C)c1)C(=O)c1ccnn1COc1ccc(Cl)cc1. The second kappa shape index (κ2) is 7.40. The van der Waals surface area contributed by atoms with Gasteiger partial charge in [0.15, 0.2) is 6.73 Å². The van der Waals surface area contributed by atoms with E-state index in [-0.39, 0.29) is 12.6 Å². The lowest BCUT2D eigenvalue weighted by Crippen LogP contribution is -2.29. The normalized spacial score (nSPS) is 10.7. The maximum atomic E-state index is 12.7. The van der Waals surface area contributed by atoms with E-state index in [1.807, 2.05) is 13.2 Å². The molecular formula is C17H18ClN5O2. The minimum Gasteiger partial charge on any atom is -0.471 e. The number of hydrogen-bond acceptors (Lipinski definition) is 4. The summed E-state index contributed by atoms with van der Waals surface area (Å²) in [6.07, 6.45) is 5.20. The largest absolute Gasteiger partial charge is 0.471 e. The van der Waals surface area contributed by atoms with E-state index in [0.717, 1.165) is 5.56 Å². The van der Waals surface area contributed by atoms with Gasteiger partial charge >= 0.3 is 0 Å². The molecular weight excluding hydrogens is 342 g/mol. The lowest BCUT2D eigenvalue weighted by molar-refractivity contribution is 0.0762. The Kier molecular flexibility index (Phi) is 5.04. The number of halogens is 1. The molecule has 3 aromatic rings. The van der Waals surface area contributed by atoms with Crippen LogP contribution in [-0.4, -0.2) is 37.4 Å². The summed E-state index contributed by atoms with van der Waals surface area (Å²) >= 11 is 5.85. The first-order valence-corrected chi connectivity index (χ1v) is 8.04. The van der Waals surface area contributed by atoms with Crippen molar-refractivity contribution in [1.29, 1.82) is 0 Å². The van der Waals surface area contributed by atoms with Gasteiger partial charge in [-0.2, -0.15) is 10.2 Å². The molecule has 0 atom stereocenters. The van der Waals surface area contributed by atoms with Crippen LogP contribution >= 0.6 is 11.6 Å². The Hall–Kier alpha value is -2.80. The lowest BCUT2D eigenvalue weighted by Gasteiger charge is -2.17. The highest BCUT2D eigenvalue weighted by molar-refractivity contribution is 6.30. The van der Waals surface area contributed by atoms with Crippen LogP contribution in [-0.2, 0) is 20.3 Å². The van der Waals surface area contributed by atoms with Gasteiger partial charge < -0.3 is 9.64 Å². The topological polar surface area (TPSA) is 65.2 Å². The Balaban J connectivity index is 1.65. The molecule has 3 rings (SSSR count). The molecule has 7 nitrogen and oxygen atoms in total. The Morgan fingerprint density at radius 3 is 2.68 bits per heavy atom. The highest BCUT2D eigenvalue weighted by atomic mass is 35.5. The minimum absolute atomic E-state index is 0.135. The zero-order valence-corrected chi connectivity index (χ0v) is 14.7. The Morgan fingerprint density at radius 1 is 1.24 bits per heavy atom. The van der Waals surface area contributed by atoms with Gasteiger partial charge in [0.05, 0.1) is 6.20 Å². The number of nitrogens with zero attached hydrogens (tertiary/aromatic N) is 5. The average molecular weight is 360 g/mol. The third kappa shape index (κ3) is 4.19. The molecule has 2 heterocycles. The van der Waals surface area contributed by atoms with Crippen molar-refractivity contribution in [3.8, 4) is 5.75 Å². The van der Waals surface area contributed by atoms with Crippen LogP contribution in [0.1, 0.15) is 16.1 Å². The summed E-state index contributed by atoms with van der Waals surface area (Å²) in [5.74, 6) is 0.517. The summed E-state index contributed by atoms with van der Waals surface area (Å²) in [7, 11) is 3.58. The number of rotatable bonds is 6. The van der Waals surface area contributed by atoms with Crippen molar-refractivity contribution in [3.63, 3.8) is 0 Å². The van der Waals surface area contributed by atoms with E-state index in [1.54, 1.807) is 59.4 Å². The number of benzene rings is 1. The van der Waals surface area contributed by atoms with Gasteiger partial charge in [0.25, 0.3) is 5.91 Å². The van der Waals surface area contributed by atoms with Crippen LogP contribution in [0, 0.1) is 0 Å². The summed E-state index contributed by atoms with van der Waals surface area (Å²) in [5, 5.41) is 8.91. The zero-order valence-electron chi connectivity index (χ0n) is 14.0. The standard InChI is InChI=1S/C17H18ClN5O2/c1-21(10-13-9-20-22(2)11-13)17(24)16-7-8-19-23(16)12-25-15-5-3-14(18)4-6-15/h3-9,11H,10,12H2,1-2H3. The smallest absolute Gasteiger partial charge is 0.272 e. The van der Waals surface area contributed by atoms with Crippen molar-refractivity contribution in [2.45, 2.75) is 13.3 Å². The van der Waals surface area contributed by atoms with E-state index in [2.05, 4.69) is 10.2 Å². The van der Waals surface area contributed by atoms with Gasteiger partial charge in [0, 0.05) is 43.6 Å². The molecule has 8 heteroatoms. The summed E-state index contributed by atoms with van der Waals surface area (Å²) < 4.78 is 8.89. The average Bonchev–Trinajstić information content (AvgIpc) is 3.22. The van der Waals surface area contributed by atoms with Crippen LogP contribution in [0.3, 0.4) is 0 Å². The third-order valence-corrected chi connectivity index (χ3v) is 3.88. The van der Waals surface area contributed by atoms with Crippen molar-refractivity contribution in [2.75, 3.05) is 7.05 Å². The van der Waals surface area contributed by atoms with Crippen molar-refractivity contribution in [3.05, 3.63) is 65.2 Å². The zero-order chi connectivity index (χ0) is 17.8. The quantitative estimate of drug-likeness (QED) is 0.678. The lowest BCUT2D eigenvalue weighted by atomic mass is 10.3. The molecule has 0 radical (unpaired) electrons. The van der Waals surface area contributed by atoms with Gasteiger partial charge in [-0.1, -0.05) is 11.6 Å². The van der Waals surface area contributed by atoms with E-state index in [1.165, 1.54) is 4.68 Å². The monoisotopic (exact) mass is 359 g/mol. The number of ether oxygens (including phenoxy) is 1. The molecule has 130 valence electrons. The van der Waals surface area contributed by atoms with Crippen molar-refractivity contribution < 1.29 is 9.53 Å². The van der Waals surface area contributed by atoms with E-state index >= 15 is 0 Å². The van der Waals surface area contributed by atoms with Crippen LogP contribution in [0.2, 0.25) is 5.02 Å². The fourth-order valence-corrected chi connectivity index (χ4v) is 2.50. The summed E-state index contributed by atoms with van der Waals surface area (Å²) in [6.45, 7) is 0.604. The number of carbonyl (C=O) groups is 1. The van der Waals surface area contributed by atoms with Crippen LogP contribution in [0.4, 0.5) is 0 Å². The highest BCUT2D eigenvalue weighted by Gasteiger charge is 2.17. The van der Waals surface area contributed by atoms with Gasteiger partial charge in [0.2, 0.25) is 0 Å².